The summed E-state index contributed by atoms with van der Waals surface area (Å²) in [7, 11) is 0. The quantitative estimate of drug-likeness (QED) is 0.768. The van der Waals surface area contributed by atoms with Gasteiger partial charge in [0, 0.05) is 31.7 Å². The third-order valence-electron chi connectivity index (χ3n) is 5.10. The number of piperidine rings is 1. The summed E-state index contributed by atoms with van der Waals surface area (Å²) < 4.78 is 38.5. The van der Waals surface area contributed by atoms with Crippen LogP contribution in [0.2, 0.25) is 0 Å². The van der Waals surface area contributed by atoms with Crippen LogP contribution in [0.5, 0.6) is 0 Å². The Morgan fingerprint density at radius 2 is 1.80 bits per heavy atom. The lowest BCUT2D eigenvalue weighted by molar-refractivity contribution is -0.137. The number of benzene rings is 2. The molecule has 5 nitrogen and oxygen atoms in total. The minimum atomic E-state index is -4.49. The van der Waals surface area contributed by atoms with Gasteiger partial charge in [-0.2, -0.15) is 13.2 Å². The molecule has 0 spiro atoms. The Bertz CT molecular complexity index is 871. The lowest BCUT2D eigenvalue weighted by atomic mass is 9.98. The van der Waals surface area contributed by atoms with Gasteiger partial charge in [-0.1, -0.05) is 36.4 Å². The normalized spacial score (nSPS) is 16.8. The van der Waals surface area contributed by atoms with Crippen molar-refractivity contribution in [3.63, 3.8) is 0 Å². The molecule has 30 heavy (non-hydrogen) atoms. The van der Waals surface area contributed by atoms with Crippen LogP contribution in [-0.4, -0.2) is 36.5 Å². The number of hydrogen-bond acceptors (Lipinski definition) is 2. The largest absolute Gasteiger partial charge is 0.416 e. The van der Waals surface area contributed by atoms with Crippen molar-refractivity contribution >= 4 is 11.9 Å². The van der Waals surface area contributed by atoms with Gasteiger partial charge in [0.1, 0.15) is 0 Å². The van der Waals surface area contributed by atoms with Crippen LogP contribution in [0.1, 0.15) is 34.3 Å². The highest BCUT2D eigenvalue weighted by molar-refractivity contribution is 5.94. The van der Waals surface area contributed by atoms with Gasteiger partial charge in [-0.05, 0) is 42.5 Å². The topological polar surface area (TPSA) is 61.4 Å². The molecule has 1 atom stereocenters. The van der Waals surface area contributed by atoms with E-state index in [1.807, 2.05) is 30.3 Å². The van der Waals surface area contributed by atoms with Gasteiger partial charge in [-0.3, -0.25) is 4.79 Å². The number of rotatable bonds is 5. The van der Waals surface area contributed by atoms with Gasteiger partial charge in [-0.25, -0.2) is 4.79 Å². The average Bonchev–Trinajstić information content (AvgIpc) is 2.76. The molecule has 3 rings (SSSR count). The molecule has 8 heteroatoms. The number of nitrogens with one attached hydrogen (secondary N) is 2. The summed E-state index contributed by atoms with van der Waals surface area (Å²) in [6.07, 6.45) is -2.85. The van der Waals surface area contributed by atoms with Crippen molar-refractivity contribution in [1.82, 2.24) is 15.5 Å². The van der Waals surface area contributed by atoms with E-state index < -0.39 is 17.6 Å². The molecule has 0 aromatic heterocycles. The van der Waals surface area contributed by atoms with E-state index in [0.29, 0.717) is 26.2 Å². The van der Waals surface area contributed by atoms with Crippen molar-refractivity contribution in [2.45, 2.75) is 25.6 Å². The SMILES string of the molecule is O=C(NC[C@@H]1CCCN(C(=O)NCc2ccccc2)C1)c1cccc(C(F)(F)F)c1. The Kier molecular flexibility index (Phi) is 6.97. The summed E-state index contributed by atoms with van der Waals surface area (Å²) in [4.78, 5) is 26.4. The van der Waals surface area contributed by atoms with Crippen molar-refractivity contribution in [3.8, 4) is 0 Å². The molecule has 1 aliphatic rings. The van der Waals surface area contributed by atoms with Gasteiger partial charge in [0.25, 0.3) is 5.91 Å². The molecular weight excluding hydrogens is 395 g/mol. The minimum Gasteiger partial charge on any atom is -0.352 e. The summed E-state index contributed by atoms with van der Waals surface area (Å²) in [6.45, 7) is 1.87. The second kappa shape index (κ2) is 9.65. The van der Waals surface area contributed by atoms with Crippen molar-refractivity contribution in [2.24, 2.45) is 5.92 Å². The van der Waals surface area contributed by atoms with Crippen LogP contribution in [0.3, 0.4) is 0 Å². The number of hydrogen-bond donors (Lipinski definition) is 2. The predicted octanol–water partition coefficient (Wildman–Crippen LogP) is 4.06. The Morgan fingerprint density at radius 1 is 1.03 bits per heavy atom. The monoisotopic (exact) mass is 419 g/mol. The Balaban J connectivity index is 1.49. The molecule has 0 unspecified atom stereocenters. The fourth-order valence-corrected chi connectivity index (χ4v) is 3.48. The van der Waals surface area contributed by atoms with Crippen LogP contribution in [0, 0.1) is 5.92 Å². The molecule has 2 aromatic carbocycles. The number of amides is 3. The fraction of sp³-hybridized carbons (Fsp3) is 0.364. The Labute approximate surface area is 173 Å². The number of nitrogens with zero attached hydrogens (tertiary/aromatic N) is 1. The van der Waals surface area contributed by atoms with Crippen molar-refractivity contribution in [1.29, 1.82) is 0 Å². The average molecular weight is 419 g/mol. The molecule has 1 fully saturated rings. The summed E-state index contributed by atoms with van der Waals surface area (Å²) in [5, 5.41) is 5.59. The molecule has 160 valence electrons. The summed E-state index contributed by atoms with van der Waals surface area (Å²) in [6, 6.07) is 13.8. The van der Waals surface area contributed by atoms with E-state index >= 15 is 0 Å². The zero-order valence-corrected chi connectivity index (χ0v) is 16.4. The number of carbonyl (C=O) groups excluding carboxylic acids is 2. The number of alkyl halides is 3. The molecule has 2 N–H and O–H groups in total. The van der Waals surface area contributed by atoms with Crippen LogP contribution < -0.4 is 10.6 Å². The van der Waals surface area contributed by atoms with Gasteiger partial charge in [0.15, 0.2) is 0 Å². The number of halogens is 3. The molecule has 1 aliphatic heterocycles. The van der Waals surface area contributed by atoms with Gasteiger partial charge in [-0.15, -0.1) is 0 Å². The Morgan fingerprint density at radius 3 is 2.53 bits per heavy atom. The highest BCUT2D eigenvalue weighted by Crippen LogP contribution is 2.29. The molecule has 0 radical (unpaired) electrons. The fourth-order valence-electron chi connectivity index (χ4n) is 3.48. The molecule has 0 bridgehead atoms. The second-order valence-corrected chi connectivity index (χ2v) is 7.39. The first-order chi connectivity index (χ1) is 14.3. The van der Waals surface area contributed by atoms with E-state index in [0.717, 1.165) is 30.5 Å². The molecule has 1 saturated heterocycles. The first-order valence-corrected chi connectivity index (χ1v) is 9.85. The molecule has 1 heterocycles. The molecular formula is C22H24F3N3O2. The number of likely N-dealkylation sites (tertiary alicyclic amines) is 1. The first-order valence-electron chi connectivity index (χ1n) is 9.85. The number of urea groups is 1. The summed E-state index contributed by atoms with van der Waals surface area (Å²) >= 11 is 0. The van der Waals surface area contributed by atoms with E-state index in [2.05, 4.69) is 10.6 Å². The van der Waals surface area contributed by atoms with Crippen LogP contribution >= 0.6 is 0 Å². The standard InChI is InChI=1S/C22H24F3N3O2/c23-22(24,25)19-10-4-9-18(12-19)20(29)26-14-17-8-5-11-28(15-17)21(30)27-13-16-6-2-1-3-7-16/h1-4,6-7,9-10,12,17H,5,8,11,13-15H2,(H,26,29)(H,27,30)/t17-/m0/s1. The van der Waals surface area contributed by atoms with Crippen LogP contribution in [-0.2, 0) is 12.7 Å². The maximum Gasteiger partial charge on any atom is 0.416 e. The minimum absolute atomic E-state index is 0.0295. The van der Waals surface area contributed by atoms with Crippen LogP contribution in [0.25, 0.3) is 0 Å². The molecule has 3 amide bonds. The zero-order chi connectivity index (χ0) is 21.6. The van der Waals surface area contributed by atoms with Crippen molar-refractivity contribution in [3.05, 3.63) is 71.3 Å². The van der Waals surface area contributed by atoms with E-state index in [9.17, 15) is 22.8 Å². The molecule has 0 saturated carbocycles. The highest BCUT2D eigenvalue weighted by atomic mass is 19.4. The summed E-state index contributed by atoms with van der Waals surface area (Å²) in [5.74, 6) is -0.497. The molecule has 0 aliphatic carbocycles. The van der Waals surface area contributed by atoms with Gasteiger partial charge in [0.05, 0.1) is 5.56 Å². The van der Waals surface area contributed by atoms with Gasteiger partial charge < -0.3 is 15.5 Å². The second-order valence-electron chi connectivity index (χ2n) is 7.39. The van der Waals surface area contributed by atoms with E-state index in [4.69, 9.17) is 0 Å². The number of carbonyl (C=O) groups is 2. The smallest absolute Gasteiger partial charge is 0.352 e. The first kappa shape index (κ1) is 21.7. The van der Waals surface area contributed by atoms with Gasteiger partial charge in [0.2, 0.25) is 0 Å². The van der Waals surface area contributed by atoms with Crippen LogP contribution in [0.15, 0.2) is 54.6 Å². The van der Waals surface area contributed by atoms with Crippen molar-refractivity contribution in [2.75, 3.05) is 19.6 Å². The molecule has 2 aromatic rings. The summed E-state index contributed by atoms with van der Waals surface area (Å²) in [5.41, 5.74) is 0.125. The maximum absolute atomic E-state index is 12.8. The Hall–Kier alpha value is -3.03. The zero-order valence-electron chi connectivity index (χ0n) is 16.4. The van der Waals surface area contributed by atoms with E-state index in [-0.39, 0.29) is 17.5 Å². The third kappa shape index (κ3) is 5.98. The maximum atomic E-state index is 12.8. The van der Waals surface area contributed by atoms with Crippen LogP contribution in [0.4, 0.5) is 18.0 Å². The van der Waals surface area contributed by atoms with Gasteiger partial charge >= 0.3 is 12.2 Å². The van der Waals surface area contributed by atoms with E-state index in [1.165, 1.54) is 12.1 Å². The van der Waals surface area contributed by atoms with Crippen molar-refractivity contribution < 1.29 is 22.8 Å². The van der Waals surface area contributed by atoms with E-state index in [1.54, 1.807) is 4.90 Å². The third-order valence-corrected chi connectivity index (χ3v) is 5.10. The lowest BCUT2D eigenvalue weighted by Gasteiger charge is -2.33. The highest BCUT2D eigenvalue weighted by Gasteiger charge is 2.31. The lowest BCUT2D eigenvalue weighted by Crippen LogP contribution is -2.47. The predicted molar refractivity (Wildman–Crippen MR) is 107 cm³/mol.